The first-order valence-electron chi connectivity index (χ1n) is 6.05. The average molecular weight is 311 g/mol. The van der Waals surface area contributed by atoms with Gasteiger partial charge in [-0.2, -0.15) is 5.26 Å². The molecule has 0 aliphatic rings. The Morgan fingerprint density at radius 2 is 2.14 bits per heavy atom. The molecule has 0 radical (unpaired) electrons. The monoisotopic (exact) mass is 311 g/mol. The van der Waals surface area contributed by atoms with Crippen LogP contribution >= 0.6 is 23.6 Å². The molecular formula is C15H9N3OS2. The standard InChI is InChI=1S/C15H9N3OS2/c16-8-9(14(17)20)7-10-5-6-12(19-10)15-18-11-3-1-2-4-13(11)21-15/h1-7H,(H2,17,20)/b9-7+. The van der Waals surface area contributed by atoms with Crippen molar-refractivity contribution in [1.29, 1.82) is 5.26 Å². The number of thiazole rings is 1. The van der Waals surface area contributed by atoms with Gasteiger partial charge in [0.25, 0.3) is 0 Å². The van der Waals surface area contributed by atoms with E-state index in [4.69, 9.17) is 27.6 Å². The Kier molecular flexibility index (Phi) is 3.52. The highest BCUT2D eigenvalue weighted by Crippen LogP contribution is 2.31. The normalized spacial score (nSPS) is 11.5. The van der Waals surface area contributed by atoms with Crippen LogP contribution in [0.15, 0.2) is 46.4 Å². The van der Waals surface area contributed by atoms with Gasteiger partial charge in [0.2, 0.25) is 0 Å². The van der Waals surface area contributed by atoms with Crippen LogP contribution in [0.4, 0.5) is 0 Å². The van der Waals surface area contributed by atoms with E-state index in [0.717, 1.165) is 15.2 Å². The summed E-state index contributed by atoms with van der Waals surface area (Å²) < 4.78 is 6.79. The predicted octanol–water partition coefficient (Wildman–Crippen LogP) is 3.75. The molecule has 3 aromatic rings. The van der Waals surface area contributed by atoms with Crippen molar-refractivity contribution in [3.8, 4) is 16.8 Å². The van der Waals surface area contributed by atoms with E-state index < -0.39 is 0 Å². The third-order valence-corrected chi connectivity index (χ3v) is 4.07. The summed E-state index contributed by atoms with van der Waals surface area (Å²) in [7, 11) is 0. The third kappa shape index (κ3) is 2.70. The van der Waals surface area contributed by atoms with Gasteiger partial charge in [-0.1, -0.05) is 24.4 Å². The van der Waals surface area contributed by atoms with E-state index in [1.54, 1.807) is 17.4 Å². The van der Waals surface area contributed by atoms with Crippen LogP contribution in [0, 0.1) is 11.3 Å². The first kappa shape index (κ1) is 13.5. The maximum Gasteiger partial charge on any atom is 0.163 e. The zero-order valence-corrected chi connectivity index (χ0v) is 12.4. The van der Waals surface area contributed by atoms with Crippen molar-refractivity contribution in [2.24, 2.45) is 5.73 Å². The topological polar surface area (TPSA) is 75.8 Å². The quantitative estimate of drug-likeness (QED) is 0.453. The van der Waals surface area contributed by atoms with Gasteiger partial charge in [-0.25, -0.2) is 4.98 Å². The Hall–Kier alpha value is -2.49. The minimum absolute atomic E-state index is 0.0513. The lowest BCUT2D eigenvalue weighted by Gasteiger charge is -1.92. The van der Waals surface area contributed by atoms with Crippen molar-refractivity contribution < 1.29 is 4.42 Å². The molecule has 2 heterocycles. The van der Waals surface area contributed by atoms with Gasteiger partial charge in [0, 0.05) is 6.08 Å². The van der Waals surface area contributed by atoms with E-state index in [1.165, 1.54) is 6.08 Å². The van der Waals surface area contributed by atoms with E-state index in [0.29, 0.717) is 11.5 Å². The molecule has 0 amide bonds. The van der Waals surface area contributed by atoms with Gasteiger partial charge in [0.05, 0.1) is 15.8 Å². The van der Waals surface area contributed by atoms with Gasteiger partial charge in [-0.15, -0.1) is 11.3 Å². The molecule has 0 unspecified atom stereocenters. The van der Waals surface area contributed by atoms with Crippen LogP contribution in [0.5, 0.6) is 0 Å². The molecule has 0 bridgehead atoms. The molecule has 21 heavy (non-hydrogen) atoms. The Morgan fingerprint density at radius 3 is 2.86 bits per heavy atom. The molecule has 1 aromatic carbocycles. The number of nitrogens with two attached hydrogens (primary N) is 1. The molecule has 0 atom stereocenters. The molecule has 0 saturated carbocycles. The number of para-hydroxylation sites is 1. The molecule has 2 N–H and O–H groups in total. The maximum absolute atomic E-state index is 8.94. The first-order chi connectivity index (χ1) is 10.2. The number of rotatable bonds is 3. The second kappa shape index (κ2) is 5.48. The second-order valence-corrected chi connectivity index (χ2v) is 5.69. The summed E-state index contributed by atoms with van der Waals surface area (Å²) in [5.41, 5.74) is 6.61. The van der Waals surface area contributed by atoms with Gasteiger partial charge in [0.15, 0.2) is 10.8 Å². The van der Waals surface area contributed by atoms with Gasteiger partial charge in [-0.3, -0.25) is 0 Å². The SMILES string of the molecule is N#C/C(=C\c1ccc(-c2nc3ccccc3s2)o1)C(N)=S. The van der Waals surface area contributed by atoms with Crippen LogP contribution in [0.25, 0.3) is 27.1 Å². The van der Waals surface area contributed by atoms with Crippen molar-refractivity contribution in [3.63, 3.8) is 0 Å². The largest absolute Gasteiger partial charge is 0.454 e. The van der Waals surface area contributed by atoms with E-state index >= 15 is 0 Å². The highest BCUT2D eigenvalue weighted by atomic mass is 32.1. The van der Waals surface area contributed by atoms with Crippen molar-refractivity contribution in [3.05, 3.63) is 47.7 Å². The smallest absolute Gasteiger partial charge is 0.163 e. The fourth-order valence-electron chi connectivity index (χ4n) is 1.82. The van der Waals surface area contributed by atoms with Crippen LogP contribution in [0.3, 0.4) is 0 Å². The lowest BCUT2D eigenvalue weighted by Crippen LogP contribution is -2.09. The number of thiocarbonyl (C=S) groups is 1. The Labute approximate surface area is 130 Å². The lowest BCUT2D eigenvalue weighted by atomic mass is 10.2. The van der Waals surface area contributed by atoms with E-state index in [2.05, 4.69) is 4.98 Å². The fraction of sp³-hybridized carbons (Fsp3) is 0. The summed E-state index contributed by atoms with van der Waals surface area (Å²) in [5.74, 6) is 1.18. The molecule has 2 aromatic heterocycles. The Balaban J connectivity index is 1.98. The fourth-order valence-corrected chi connectivity index (χ4v) is 2.86. The second-order valence-electron chi connectivity index (χ2n) is 4.22. The van der Waals surface area contributed by atoms with Crippen LogP contribution in [0.2, 0.25) is 0 Å². The molecule has 6 heteroatoms. The van der Waals surface area contributed by atoms with Crippen molar-refractivity contribution in [2.75, 3.05) is 0 Å². The highest BCUT2D eigenvalue weighted by molar-refractivity contribution is 7.80. The van der Waals surface area contributed by atoms with Gasteiger partial charge in [0.1, 0.15) is 16.8 Å². The minimum Gasteiger partial charge on any atom is -0.454 e. The third-order valence-electron chi connectivity index (χ3n) is 2.80. The Morgan fingerprint density at radius 1 is 1.33 bits per heavy atom. The van der Waals surface area contributed by atoms with Crippen LogP contribution in [-0.2, 0) is 0 Å². The number of furan rings is 1. The zero-order chi connectivity index (χ0) is 14.8. The predicted molar refractivity (Wildman–Crippen MR) is 87.7 cm³/mol. The summed E-state index contributed by atoms with van der Waals surface area (Å²) in [5, 5.41) is 9.74. The molecule has 0 saturated heterocycles. The van der Waals surface area contributed by atoms with Gasteiger partial charge in [-0.05, 0) is 24.3 Å². The summed E-state index contributed by atoms with van der Waals surface area (Å²) in [6.45, 7) is 0. The number of benzene rings is 1. The van der Waals surface area contributed by atoms with Gasteiger partial charge < -0.3 is 10.2 Å². The van der Waals surface area contributed by atoms with E-state index in [1.807, 2.05) is 36.4 Å². The summed E-state index contributed by atoms with van der Waals surface area (Å²) >= 11 is 6.35. The van der Waals surface area contributed by atoms with E-state index in [-0.39, 0.29) is 10.6 Å². The first-order valence-corrected chi connectivity index (χ1v) is 7.27. The van der Waals surface area contributed by atoms with Crippen molar-refractivity contribution >= 4 is 44.8 Å². The lowest BCUT2D eigenvalue weighted by molar-refractivity contribution is 0.571. The molecule has 0 aliphatic heterocycles. The van der Waals surface area contributed by atoms with Crippen molar-refractivity contribution in [1.82, 2.24) is 4.98 Å². The van der Waals surface area contributed by atoms with Crippen LogP contribution < -0.4 is 5.73 Å². The summed E-state index contributed by atoms with van der Waals surface area (Å²) in [4.78, 5) is 4.57. The summed E-state index contributed by atoms with van der Waals surface area (Å²) in [6.07, 6.45) is 1.53. The molecule has 102 valence electrons. The molecule has 0 fully saturated rings. The molecule has 4 nitrogen and oxygen atoms in total. The minimum atomic E-state index is 0.0513. The average Bonchev–Trinajstić information content (AvgIpc) is 3.10. The number of fused-ring (bicyclic) bond motifs is 1. The number of nitriles is 1. The van der Waals surface area contributed by atoms with Crippen LogP contribution in [-0.4, -0.2) is 9.97 Å². The number of nitrogens with zero attached hydrogens (tertiary/aromatic N) is 2. The van der Waals surface area contributed by atoms with E-state index in [9.17, 15) is 0 Å². The maximum atomic E-state index is 8.94. The molecule has 0 aliphatic carbocycles. The van der Waals surface area contributed by atoms with Gasteiger partial charge >= 0.3 is 0 Å². The molecule has 0 spiro atoms. The Bertz CT molecular complexity index is 866. The summed E-state index contributed by atoms with van der Waals surface area (Å²) in [6, 6.07) is 13.4. The molecule has 3 rings (SSSR count). The number of aromatic nitrogens is 1. The number of hydrogen-bond acceptors (Lipinski definition) is 5. The van der Waals surface area contributed by atoms with Crippen LogP contribution in [0.1, 0.15) is 5.76 Å². The molecular weight excluding hydrogens is 302 g/mol. The highest BCUT2D eigenvalue weighted by Gasteiger charge is 2.10. The zero-order valence-electron chi connectivity index (χ0n) is 10.7. The number of hydrogen-bond donors (Lipinski definition) is 1. The van der Waals surface area contributed by atoms with Crippen molar-refractivity contribution in [2.45, 2.75) is 0 Å².